The van der Waals surface area contributed by atoms with Gasteiger partial charge >= 0.3 is 0 Å². The van der Waals surface area contributed by atoms with Crippen molar-refractivity contribution in [2.45, 2.75) is 19.1 Å². The van der Waals surface area contributed by atoms with E-state index in [-0.39, 0.29) is 11.8 Å². The van der Waals surface area contributed by atoms with E-state index in [9.17, 15) is 8.42 Å². The Balaban J connectivity index is 1.70. The van der Waals surface area contributed by atoms with E-state index in [1.807, 2.05) is 59.5 Å². The highest BCUT2D eigenvalue weighted by atomic mass is 32.2. The molecule has 5 nitrogen and oxygen atoms in total. The molecule has 0 aromatic heterocycles. The summed E-state index contributed by atoms with van der Waals surface area (Å²) >= 11 is 5.60. The monoisotopic (exact) mass is 402 g/mol. The van der Waals surface area contributed by atoms with E-state index in [0.717, 1.165) is 16.9 Å². The van der Waals surface area contributed by atoms with Crippen LogP contribution in [-0.2, 0) is 22.9 Å². The maximum absolute atomic E-state index is 11.9. The van der Waals surface area contributed by atoms with Crippen LogP contribution in [0, 0.1) is 0 Å². The Hall–Kier alpha value is -2.38. The Kier molecular flexibility index (Phi) is 6.13. The minimum absolute atomic E-state index is 0.0458. The summed E-state index contributed by atoms with van der Waals surface area (Å²) in [6, 6.07) is 17.3. The number of benzene rings is 2. The zero-order chi connectivity index (χ0) is 19.3. The molecule has 1 atom stereocenters. The number of nitrogens with one attached hydrogen (secondary N) is 1. The van der Waals surface area contributed by atoms with Gasteiger partial charge in [-0.1, -0.05) is 42.5 Å². The molecule has 0 aliphatic carbocycles. The van der Waals surface area contributed by atoms with Crippen LogP contribution in [0.4, 0.5) is 0 Å². The van der Waals surface area contributed by atoms with Gasteiger partial charge in [0.15, 0.2) is 14.9 Å². The van der Waals surface area contributed by atoms with Crippen molar-refractivity contribution in [3.8, 4) is 5.75 Å². The highest BCUT2D eigenvalue weighted by molar-refractivity contribution is 7.94. The SMILES string of the molecule is COc1ccc(CNC(=S)N(Cc2ccccc2)[C@H]2C=CS(=O)(=O)C2)cc1. The highest BCUT2D eigenvalue weighted by Gasteiger charge is 2.28. The van der Waals surface area contributed by atoms with E-state index in [1.54, 1.807) is 13.2 Å². The quantitative estimate of drug-likeness (QED) is 0.750. The normalized spacial score (nSPS) is 17.4. The molecular weight excluding hydrogens is 380 g/mol. The van der Waals surface area contributed by atoms with Gasteiger partial charge in [0.25, 0.3) is 0 Å². The lowest BCUT2D eigenvalue weighted by Crippen LogP contribution is -2.45. The summed E-state index contributed by atoms with van der Waals surface area (Å²) in [5, 5.41) is 5.06. The van der Waals surface area contributed by atoms with Crippen molar-refractivity contribution in [3.05, 3.63) is 77.2 Å². The van der Waals surface area contributed by atoms with Crippen molar-refractivity contribution < 1.29 is 13.2 Å². The van der Waals surface area contributed by atoms with Crippen LogP contribution in [0.2, 0.25) is 0 Å². The third-order valence-corrected chi connectivity index (χ3v) is 6.13. The van der Waals surface area contributed by atoms with Crippen molar-refractivity contribution in [1.29, 1.82) is 0 Å². The lowest BCUT2D eigenvalue weighted by molar-refractivity contribution is 0.368. The fourth-order valence-electron chi connectivity index (χ4n) is 2.90. The van der Waals surface area contributed by atoms with Crippen molar-refractivity contribution in [2.24, 2.45) is 0 Å². The molecule has 0 bridgehead atoms. The van der Waals surface area contributed by atoms with Gasteiger partial charge in [-0.15, -0.1) is 0 Å². The van der Waals surface area contributed by atoms with Crippen molar-refractivity contribution in [2.75, 3.05) is 12.9 Å². The fourth-order valence-corrected chi connectivity index (χ4v) is 4.47. The van der Waals surface area contributed by atoms with Crippen molar-refractivity contribution in [3.63, 3.8) is 0 Å². The molecule has 0 unspecified atom stereocenters. The number of rotatable bonds is 6. The molecule has 0 radical (unpaired) electrons. The molecule has 1 heterocycles. The first-order chi connectivity index (χ1) is 13.0. The number of ether oxygens (including phenoxy) is 1. The first kappa shape index (κ1) is 19.4. The second kappa shape index (κ2) is 8.54. The maximum Gasteiger partial charge on any atom is 0.173 e. The molecule has 2 aromatic rings. The van der Waals surface area contributed by atoms with Gasteiger partial charge in [0.2, 0.25) is 0 Å². The van der Waals surface area contributed by atoms with Crippen LogP contribution in [0.15, 0.2) is 66.1 Å². The Morgan fingerprint density at radius 3 is 2.44 bits per heavy atom. The summed E-state index contributed by atoms with van der Waals surface area (Å²) in [4.78, 5) is 1.93. The molecule has 1 aliphatic rings. The van der Waals surface area contributed by atoms with E-state index in [0.29, 0.717) is 18.2 Å². The summed E-state index contributed by atoms with van der Waals surface area (Å²) in [6.45, 7) is 1.09. The van der Waals surface area contributed by atoms with Crippen LogP contribution in [0.1, 0.15) is 11.1 Å². The Morgan fingerprint density at radius 1 is 1.15 bits per heavy atom. The van der Waals surface area contributed by atoms with Crippen LogP contribution in [0.5, 0.6) is 5.75 Å². The number of thiocarbonyl (C=S) groups is 1. The fraction of sp³-hybridized carbons (Fsp3) is 0.250. The van der Waals surface area contributed by atoms with Gasteiger partial charge in [-0.3, -0.25) is 0 Å². The lowest BCUT2D eigenvalue weighted by Gasteiger charge is -2.30. The first-order valence-electron chi connectivity index (χ1n) is 8.59. The third-order valence-electron chi connectivity index (χ3n) is 4.37. The predicted molar refractivity (Wildman–Crippen MR) is 111 cm³/mol. The van der Waals surface area contributed by atoms with Crippen LogP contribution in [0.3, 0.4) is 0 Å². The summed E-state index contributed by atoms with van der Waals surface area (Å²) in [6.07, 6.45) is 1.71. The van der Waals surface area contributed by atoms with Crippen LogP contribution in [0.25, 0.3) is 0 Å². The molecule has 1 N–H and O–H groups in total. The van der Waals surface area contributed by atoms with Crippen LogP contribution in [-0.4, -0.2) is 37.3 Å². The topological polar surface area (TPSA) is 58.6 Å². The summed E-state index contributed by atoms with van der Waals surface area (Å²) < 4.78 is 28.9. The molecular formula is C20H22N2O3S2. The largest absolute Gasteiger partial charge is 0.497 e. The van der Waals surface area contributed by atoms with Crippen molar-refractivity contribution >= 4 is 27.2 Å². The Morgan fingerprint density at radius 2 is 1.85 bits per heavy atom. The van der Waals surface area contributed by atoms with E-state index in [1.165, 1.54) is 5.41 Å². The summed E-state index contributed by atoms with van der Waals surface area (Å²) in [5.41, 5.74) is 2.14. The molecule has 142 valence electrons. The number of sulfone groups is 1. The molecule has 0 amide bonds. The van der Waals surface area contributed by atoms with E-state index in [4.69, 9.17) is 17.0 Å². The lowest BCUT2D eigenvalue weighted by atomic mass is 10.2. The zero-order valence-electron chi connectivity index (χ0n) is 15.0. The van der Waals surface area contributed by atoms with Crippen LogP contribution < -0.4 is 10.1 Å². The average Bonchev–Trinajstić information content (AvgIpc) is 3.05. The minimum Gasteiger partial charge on any atom is -0.497 e. The number of hydrogen-bond acceptors (Lipinski definition) is 4. The van der Waals surface area contributed by atoms with Gasteiger partial charge in [0.05, 0.1) is 18.9 Å². The predicted octanol–water partition coefficient (Wildman–Crippen LogP) is 2.88. The Labute approximate surface area is 165 Å². The highest BCUT2D eigenvalue weighted by Crippen LogP contribution is 2.18. The molecule has 3 rings (SSSR count). The molecule has 0 saturated carbocycles. The molecule has 27 heavy (non-hydrogen) atoms. The van der Waals surface area contributed by atoms with Gasteiger partial charge < -0.3 is 15.0 Å². The number of hydrogen-bond donors (Lipinski definition) is 1. The molecule has 7 heteroatoms. The molecule has 2 aromatic carbocycles. The van der Waals surface area contributed by atoms with Gasteiger partial charge in [0, 0.05) is 18.5 Å². The second-order valence-corrected chi connectivity index (χ2v) is 8.66. The van der Waals surface area contributed by atoms with Crippen molar-refractivity contribution in [1.82, 2.24) is 10.2 Å². The van der Waals surface area contributed by atoms with Gasteiger partial charge in [-0.05, 0) is 41.6 Å². The molecule has 1 aliphatic heterocycles. The first-order valence-corrected chi connectivity index (χ1v) is 10.7. The smallest absolute Gasteiger partial charge is 0.173 e. The third kappa shape index (κ3) is 5.30. The minimum atomic E-state index is -3.16. The van der Waals surface area contributed by atoms with Gasteiger partial charge in [-0.25, -0.2) is 8.42 Å². The maximum atomic E-state index is 11.9. The molecule has 0 spiro atoms. The average molecular weight is 403 g/mol. The van der Waals surface area contributed by atoms with Gasteiger partial charge in [-0.2, -0.15) is 0 Å². The van der Waals surface area contributed by atoms with E-state index < -0.39 is 9.84 Å². The standard InChI is InChI=1S/C20H22N2O3S2/c1-25-19-9-7-16(8-10-19)13-21-20(26)22(14-17-5-3-2-4-6-17)18-11-12-27(23,24)15-18/h2-12,18H,13-15H2,1H3,(H,21,26)/t18-/m0/s1. The van der Waals surface area contributed by atoms with E-state index >= 15 is 0 Å². The van der Waals surface area contributed by atoms with Gasteiger partial charge in [0.1, 0.15) is 5.75 Å². The number of nitrogens with zero attached hydrogens (tertiary/aromatic N) is 1. The van der Waals surface area contributed by atoms with Crippen LogP contribution >= 0.6 is 12.2 Å². The molecule has 0 fully saturated rings. The Bertz CT molecular complexity index is 910. The second-order valence-electron chi connectivity index (χ2n) is 6.35. The summed E-state index contributed by atoms with van der Waals surface area (Å²) in [7, 11) is -1.53. The number of methoxy groups -OCH3 is 1. The zero-order valence-corrected chi connectivity index (χ0v) is 16.7. The van der Waals surface area contributed by atoms with E-state index in [2.05, 4.69) is 5.32 Å². The molecule has 0 saturated heterocycles. The summed E-state index contributed by atoms with van der Waals surface area (Å²) in [5.74, 6) is 0.845.